The molecule has 1 atom stereocenters. The van der Waals surface area contributed by atoms with Crippen LogP contribution in [0.25, 0.3) is 0 Å². The molecule has 122 valence electrons. The van der Waals surface area contributed by atoms with Crippen LogP contribution >= 0.6 is 11.3 Å². The first-order chi connectivity index (χ1) is 11.3. The van der Waals surface area contributed by atoms with Gasteiger partial charge in [0, 0.05) is 37.0 Å². The van der Waals surface area contributed by atoms with Gasteiger partial charge in [0.25, 0.3) is 5.91 Å². The van der Waals surface area contributed by atoms with Crippen LogP contribution in [0.4, 0.5) is 5.69 Å². The first-order valence-corrected chi connectivity index (χ1v) is 8.78. The van der Waals surface area contributed by atoms with Gasteiger partial charge in [0.15, 0.2) is 0 Å². The Morgan fingerprint density at radius 3 is 3.09 bits per heavy atom. The SMILES string of the molecule is O=C(NCCCNc1cccnc1)c1ccc([C@@H]2CCCO2)s1. The van der Waals surface area contributed by atoms with Crippen LogP contribution < -0.4 is 10.6 Å². The zero-order valence-electron chi connectivity index (χ0n) is 13.0. The van der Waals surface area contributed by atoms with Crippen molar-refractivity contribution < 1.29 is 9.53 Å². The zero-order chi connectivity index (χ0) is 15.9. The van der Waals surface area contributed by atoms with Gasteiger partial charge in [-0.3, -0.25) is 9.78 Å². The number of anilines is 1. The van der Waals surface area contributed by atoms with Crippen LogP contribution in [0.1, 0.15) is 39.9 Å². The Morgan fingerprint density at radius 1 is 1.35 bits per heavy atom. The summed E-state index contributed by atoms with van der Waals surface area (Å²) in [6.45, 7) is 2.28. The van der Waals surface area contributed by atoms with E-state index < -0.39 is 0 Å². The summed E-state index contributed by atoms with van der Waals surface area (Å²) in [7, 11) is 0. The fraction of sp³-hybridized carbons (Fsp3) is 0.412. The van der Waals surface area contributed by atoms with Gasteiger partial charge in [0.1, 0.15) is 0 Å². The van der Waals surface area contributed by atoms with Crippen molar-refractivity contribution in [3.8, 4) is 0 Å². The van der Waals surface area contributed by atoms with Gasteiger partial charge in [0.05, 0.1) is 16.7 Å². The minimum absolute atomic E-state index is 0.000578. The molecule has 0 saturated carbocycles. The Labute approximate surface area is 140 Å². The topological polar surface area (TPSA) is 63.2 Å². The lowest BCUT2D eigenvalue weighted by Crippen LogP contribution is -2.25. The van der Waals surface area contributed by atoms with Crippen molar-refractivity contribution in [1.82, 2.24) is 10.3 Å². The number of thiophene rings is 1. The van der Waals surface area contributed by atoms with E-state index in [-0.39, 0.29) is 12.0 Å². The van der Waals surface area contributed by atoms with E-state index in [4.69, 9.17) is 4.74 Å². The molecule has 1 saturated heterocycles. The largest absolute Gasteiger partial charge is 0.384 e. The monoisotopic (exact) mass is 331 g/mol. The van der Waals surface area contributed by atoms with Crippen molar-refractivity contribution in [1.29, 1.82) is 0 Å². The van der Waals surface area contributed by atoms with Crippen LogP contribution in [-0.4, -0.2) is 30.6 Å². The van der Waals surface area contributed by atoms with E-state index in [0.29, 0.717) is 6.54 Å². The van der Waals surface area contributed by atoms with Crippen molar-refractivity contribution in [2.45, 2.75) is 25.4 Å². The van der Waals surface area contributed by atoms with Crippen molar-refractivity contribution >= 4 is 22.9 Å². The highest BCUT2D eigenvalue weighted by molar-refractivity contribution is 7.14. The maximum absolute atomic E-state index is 12.1. The lowest BCUT2D eigenvalue weighted by molar-refractivity contribution is 0.0957. The molecule has 0 spiro atoms. The number of carbonyl (C=O) groups is 1. The molecule has 2 aromatic heterocycles. The van der Waals surface area contributed by atoms with Crippen LogP contribution in [0.2, 0.25) is 0 Å². The molecular formula is C17H21N3O2S. The maximum Gasteiger partial charge on any atom is 0.261 e. The highest BCUT2D eigenvalue weighted by atomic mass is 32.1. The molecule has 0 aliphatic carbocycles. The van der Waals surface area contributed by atoms with Gasteiger partial charge in [-0.2, -0.15) is 0 Å². The molecule has 0 aromatic carbocycles. The number of hydrogen-bond acceptors (Lipinski definition) is 5. The standard InChI is InChI=1S/C17H21N3O2S/c21-17(16-7-6-15(23-16)14-5-2-11-22-14)20-10-3-9-19-13-4-1-8-18-12-13/h1,4,6-8,12,14,19H,2-3,5,9-11H2,(H,20,21)/t14-/m0/s1. The molecule has 1 amide bonds. The van der Waals surface area contributed by atoms with Crippen molar-refractivity contribution in [3.05, 3.63) is 46.4 Å². The third-order valence-electron chi connectivity index (χ3n) is 3.73. The number of ether oxygens (including phenoxy) is 1. The number of nitrogens with one attached hydrogen (secondary N) is 2. The minimum atomic E-state index is 0.000578. The van der Waals surface area contributed by atoms with Gasteiger partial charge in [-0.1, -0.05) is 0 Å². The van der Waals surface area contributed by atoms with E-state index in [1.54, 1.807) is 12.4 Å². The van der Waals surface area contributed by atoms with Gasteiger partial charge in [0.2, 0.25) is 0 Å². The van der Waals surface area contributed by atoms with E-state index in [1.165, 1.54) is 11.3 Å². The fourth-order valence-corrected chi connectivity index (χ4v) is 3.54. The number of nitrogens with zero attached hydrogens (tertiary/aromatic N) is 1. The number of aromatic nitrogens is 1. The van der Waals surface area contributed by atoms with Gasteiger partial charge in [-0.25, -0.2) is 0 Å². The van der Waals surface area contributed by atoms with Gasteiger partial charge < -0.3 is 15.4 Å². The summed E-state index contributed by atoms with van der Waals surface area (Å²) in [5, 5.41) is 6.24. The Morgan fingerprint density at radius 2 is 2.30 bits per heavy atom. The summed E-state index contributed by atoms with van der Waals surface area (Å²) in [4.78, 5) is 18.1. The Balaban J connectivity index is 1.37. The molecule has 0 unspecified atom stereocenters. The predicted molar refractivity (Wildman–Crippen MR) is 91.9 cm³/mol. The van der Waals surface area contributed by atoms with Crippen molar-refractivity contribution in [3.63, 3.8) is 0 Å². The van der Waals surface area contributed by atoms with Gasteiger partial charge >= 0.3 is 0 Å². The second kappa shape index (κ2) is 8.08. The van der Waals surface area contributed by atoms with Gasteiger partial charge in [-0.05, 0) is 43.5 Å². The van der Waals surface area contributed by atoms with Crippen molar-refractivity contribution in [2.24, 2.45) is 0 Å². The van der Waals surface area contributed by atoms with Gasteiger partial charge in [-0.15, -0.1) is 11.3 Å². The smallest absolute Gasteiger partial charge is 0.261 e. The lowest BCUT2D eigenvalue weighted by Gasteiger charge is -2.07. The zero-order valence-corrected chi connectivity index (χ0v) is 13.8. The fourth-order valence-electron chi connectivity index (χ4n) is 2.53. The molecule has 1 aliphatic rings. The molecule has 3 rings (SSSR count). The summed E-state index contributed by atoms with van der Waals surface area (Å²) >= 11 is 1.54. The van der Waals surface area contributed by atoms with Crippen LogP contribution in [0.5, 0.6) is 0 Å². The summed E-state index contributed by atoms with van der Waals surface area (Å²) in [6, 6.07) is 7.78. The van der Waals surface area contributed by atoms with Crippen LogP contribution in [0, 0.1) is 0 Å². The Kier molecular flexibility index (Phi) is 5.60. The molecule has 5 nitrogen and oxygen atoms in total. The predicted octanol–water partition coefficient (Wildman–Crippen LogP) is 3.23. The minimum Gasteiger partial charge on any atom is -0.384 e. The van der Waals surface area contributed by atoms with E-state index in [2.05, 4.69) is 15.6 Å². The normalized spacial score (nSPS) is 17.1. The molecule has 2 N–H and O–H groups in total. The molecule has 3 heterocycles. The summed E-state index contributed by atoms with van der Waals surface area (Å²) in [5.41, 5.74) is 0.998. The highest BCUT2D eigenvalue weighted by Gasteiger charge is 2.20. The number of amides is 1. The average Bonchev–Trinajstić information content (AvgIpc) is 3.26. The average molecular weight is 331 g/mol. The summed E-state index contributed by atoms with van der Waals surface area (Å²) in [6.07, 6.45) is 6.75. The van der Waals surface area contributed by atoms with Crippen molar-refractivity contribution in [2.75, 3.05) is 25.0 Å². The summed E-state index contributed by atoms with van der Waals surface area (Å²) < 4.78 is 5.65. The molecule has 6 heteroatoms. The Bertz CT molecular complexity index is 624. The quantitative estimate of drug-likeness (QED) is 0.765. The highest BCUT2D eigenvalue weighted by Crippen LogP contribution is 2.33. The first-order valence-electron chi connectivity index (χ1n) is 7.96. The molecule has 0 bridgehead atoms. The number of rotatable bonds is 7. The second-order valence-corrected chi connectivity index (χ2v) is 6.60. The molecule has 0 radical (unpaired) electrons. The molecule has 1 aliphatic heterocycles. The maximum atomic E-state index is 12.1. The van der Waals surface area contributed by atoms with E-state index in [1.807, 2.05) is 24.3 Å². The van der Waals surface area contributed by atoms with Crippen LogP contribution in [-0.2, 0) is 4.74 Å². The van der Waals surface area contributed by atoms with Crippen LogP contribution in [0.15, 0.2) is 36.7 Å². The first kappa shape index (κ1) is 16.0. The van der Waals surface area contributed by atoms with E-state index in [9.17, 15) is 4.79 Å². The van der Waals surface area contributed by atoms with E-state index >= 15 is 0 Å². The van der Waals surface area contributed by atoms with Crippen LogP contribution in [0.3, 0.4) is 0 Å². The molecule has 23 heavy (non-hydrogen) atoms. The molecule has 1 fully saturated rings. The second-order valence-electron chi connectivity index (χ2n) is 5.48. The number of hydrogen-bond donors (Lipinski definition) is 2. The third-order valence-corrected chi connectivity index (χ3v) is 4.90. The van der Waals surface area contributed by atoms with E-state index in [0.717, 1.165) is 47.9 Å². The lowest BCUT2D eigenvalue weighted by atomic mass is 10.2. The number of carbonyl (C=O) groups excluding carboxylic acids is 1. The Hall–Kier alpha value is -1.92. The molecular weight excluding hydrogens is 310 g/mol. The third kappa shape index (κ3) is 4.53. The summed E-state index contributed by atoms with van der Waals surface area (Å²) in [5.74, 6) is 0.000578. The number of pyridine rings is 1. The molecule has 2 aromatic rings.